The van der Waals surface area contributed by atoms with Crippen LogP contribution in [0.5, 0.6) is 0 Å². The van der Waals surface area contributed by atoms with E-state index in [1.165, 1.54) is 6.42 Å². The first-order chi connectivity index (χ1) is 3.30. The Morgan fingerprint density at radius 3 is 1.50 bits per heavy atom. The minimum atomic E-state index is 0. The number of hydrogen-bond donors (Lipinski definition) is 2. The molecular weight excluding hydrogens is 283 g/mol. The normalized spacial score (nSPS) is 36.8. The molecule has 1 saturated carbocycles. The van der Waals surface area contributed by atoms with Gasteiger partial charge < -0.3 is 11.5 Å². The summed E-state index contributed by atoms with van der Waals surface area (Å²) < 4.78 is 0. The van der Waals surface area contributed by atoms with Gasteiger partial charge >= 0.3 is 21.1 Å². The van der Waals surface area contributed by atoms with Crippen molar-refractivity contribution < 1.29 is 21.1 Å². The van der Waals surface area contributed by atoms with Crippen LogP contribution in [0, 0.1) is 0 Å². The van der Waals surface area contributed by atoms with E-state index in [-0.39, 0.29) is 21.1 Å². The average molecular weight is 295 g/mol. The Hall–Kier alpha value is 0.608. The Labute approximate surface area is 64.3 Å². The molecule has 4 N–H and O–H groups in total. The number of nitrogens with two attached hydrogens (primary N) is 2. The van der Waals surface area contributed by atoms with Gasteiger partial charge in [-0.25, -0.2) is 0 Å². The van der Waals surface area contributed by atoms with E-state index in [1.54, 1.807) is 0 Å². The van der Waals surface area contributed by atoms with Crippen LogP contribution in [0.4, 0.5) is 0 Å². The van der Waals surface area contributed by atoms with Crippen molar-refractivity contribution in [3.8, 4) is 0 Å². The number of rotatable bonds is 0. The molecule has 0 aromatic carbocycles. The molecule has 8 heavy (non-hydrogen) atoms. The van der Waals surface area contributed by atoms with Gasteiger partial charge in [-0.05, 0) is 12.8 Å². The van der Waals surface area contributed by atoms with Crippen LogP contribution in [0.25, 0.3) is 0 Å². The minimum Gasteiger partial charge on any atom is -0.326 e. The van der Waals surface area contributed by atoms with E-state index >= 15 is 0 Å². The summed E-state index contributed by atoms with van der Waals surface area (Å²) in [5.74, 6) is 0. The summed E-state index contributed by atoms with van der Waals surface area (Å²) in [5, 5.41) is 0. The predicted molar refractivity (Wildman–Crippen MR) is 29.8 cm³/mol. The van der Waals surface area contributed by atoms with Crippen molar-refractivity contribution in [1.29, 1.82) is 0 Å². The smallest absolute Gasteiger partial charge is 0.326 e. The largest absolute Gasteiger partial charge is 2.00 e. The molecule has 0 bridgehead atoms. The van der Waals surface area contributed by atoms with Crippen molar-refractivity contribution in [2.75, 3.05) is 0 Å². The van der Waals surface area contributed by atoms with E-state index in [2.05, 4.69) is 0 Å². The fraction of sp³-hybridized carbons (Fsp3) is 1.00. The van der Waals surface area contributed by atoms with Crippen LogP contribution in [0.2, 0.25) is 0 Å². The maximum atomic E-state index is 5.55. The first-order valence-corrected chi connectivity index (χ1v) is 2.82. The molecule has 0 saturated heterocycles. The third-order valence-electron chi connectivity index (χ3n) is 1.62. The summed E-state index contributed by atoms with van der Waals surface area (Å²) in [7, 11) is 0. The molecule has 0 aliphatic heterocycles. The Bertz CT molecular complexity index is 59.4. The second kappa shape index (κ2) is 3.60. The maximum Gasteiger partial charge on any atom is 2.00 e. The summed E-state index contributed by atoms with van der Waals surface area (Å²) in [6, 6.07) is 0.583. The standard InChI is InChI=1S/C5H12N2.Pt/c6-4-2-1-3-5(4)7;/h4-5H,1-3,6-7H2;/q;+2. The molecule has 0 aromatic heterocycles. The van der Waals surface area contributed by atoms with Gasteiger partial charge in [-0.15, -0.1) is 0 Å². The van der Waals surface area contributed by atoms with Gasteiger partial charge in [0, 0.05) is 12.1 Å². The summed E-state index contributed by atoms with van der Waals surface area (Å²) in [5.41, 5.74) is 11.1. The molecule has 2 unspecified atom stereocenters. The molecule has 0 radical (unpaired) electrons. The van der Waals surface area contributed by atoms with Gasteiger partial charge in [-0.2, -0.15) is 0 Å². The first kappa shape index (κ1) is 8.61. The molecule has 1 rings (SSSR count). The van der Waals surface area contributed by atoms with Crippen molar-refractivity contribution in [3.05, 3.63) is 0 Å². The Morgan fingerprint density at radius 1 is 1.00 bits per heavy atom. The molecule has 0 amide bonds. The van der Waals surface area contributed by atoms with E-state index < -0.39 is 0 Å². The van der Waals surface area contributed by atoms with Gasteiger partial charge in [0.15, 0.2) is 0 Å². The molecule has 0 spiro atoms. The fourth-order valence-electron chi connectivity index (χ4n) is 1.02. The molecule has 3 heteroatoms. The van der Waals surface area contributed by atoms with Crippen molar-refractivity contribution in [2.45, 2.75) is 31.3 Å². The van der Waals surface area contributed by atoms with Crippen molar-refractivity contribution >= 4 is 0 Å². The van der Waals surface area contributed by atoms with Crippen LogP contribution in [0.1, 0.15) is 19.3 Å². The van der Waals surface area contributed by atoms with Crippen LogP contribution < -0.4 is 11.5 Å². The van der Waals surface area contributed by atoms with Crippen LogP contribution in [-0.2, 0) is 21.1 Å². The van der Waals surface area contributed by atoms with Gasteiger partial charge in [0.05, 0.1) is 0 Å². The summed E-state index contributed by atoms with van der Waals surface area (Å²) in [4.78, 5) is 0. The zero-order valence-electron chi connectivity index (χ0n) is 4.75. The maximum absolute atomic E-state index is 5.55. The quantitative estimate of drug-likeness (QED) is 0.651. The van der Waals surface area contributed by atoms with Crippen molar-refractivity contribution in [2.24, 2.45) is 11.5 Å². The van der Waals surface area contributed by atoms with Gasteiger partial charge in [0.25, 0.3) is 0 Å². The van der Waals surface area contributed by atoms with E-state index in [1.807, 2.05) is 0 Å². The average Bonchev–Trinajstić information content (AvgIpc) is 1.91. The molecule has 0 aromatic rings. The van der Waals surface area contributed by atoms with Gasteiger partial charge in [0.2, 0.25) is 0 Å². The minimum absolute atomic E-state index is 0. The van der Waals surface area contributed by atoms with Crippen LogP contribution in [-0.4, -0.2) is 12.1 Å². The molecule has 1 aliphatic carbocycles. The third kappa shape index (κ3) is 1.85. The van der Waals surface area contributed by atoms with Crippen LogP contribution in [0.15, 0.2) is 0 Å². The zero-order chi connectivity index (χ0) is 5.28. The number of hydrogen-bond acceptors (Lipinski definition) is 2. The molecule has 1 aliphatic rings. The van der Waals surface area contributed by atoms with E-state index in [9.17, 15) is 0 Å². The van der Waals surface area contributed by atoms with E-state index in [0.717, 1.165) is 12.8 Å². The summed E-state index contributed by atoms with van der Waals surface area (Å²) in [6.45, 7) is 0. The SMILES string of the molecule is NC1CCCC1N.[Pt+2]. The Balaban J connectivity index is 0.000000490. The second-order valence-electron chi connectivity index (χ2n) is 2.26. The second-order valence-corrected chi connectivity index (χ2v) is 2.26. The predicted octanol–water partition coefficient (Wildman–Crippen LogP) is -0.178. The fourth-order valence-corrected chi connectivity index (χ4v) is 1.02. The van der Waals surface area contributed by atoms with Crippen molar-refractivity contribution in [1.82, 2.24) is 0 Å². The van der Waals surface area contributed by atoms with Gasteiger partial charge in [-0.1, -0.05) is 6.42 Å². The van der Waals surface area contributed by atoms with E-state index in [4.69, 9.17) is 11.5 Å². The van der Waals surface area contributed by atoms with Crippen LogP contribution in [0.3, 0.4) is 0 Å². The summed E-state index contributed by atoms with van der Waals surface area (Å²) in [6.07, 6.45) is 3.48. The topological polar surface area (TPSA) is 52.0 Å². The molecular formula is C5H12N2Pt+2. The molecule has 50 valence electrons. The molecule has 1 fully saturated rings. The van der Waals surface area contributed by atoms with Gasteiger partial charge in [-0.3, -0.25) is 0 Å². The first-order valence-electron chi connectivity index (χ1n) is 2.82. The Morgan fingerprint density at radius 2 is 1.38 bits per heavy atom. The summed E-state index contributed by atoms with van der Waals surface area (Å²) >= 11 is 0. The zero-order valence-corrected chi connectivity index (χ0v) is 7.02. The van der Waals surface area contributed by atoms with Crippen LogP contribution >= 0.6 is 0 Å². The van der Waals surface area contributed by atoms with Crippen molar-refractivity contribution in [3.63, 3.8) is 0 Å². The van der Waals surface area contributed by atoms with Gasteiger partial charge in [0.1, 0.15) is 0 Å². The monoisotopic (exact) mass is 295 g/mol. The third-order valence-corrected chi connectivity index (χ3v) is 1.62. The molecule has 2 atom stereocenters. The Kier molecular flexibility index (Phi) is 3.87. The molecule has 0 heterocycles. The van der Waals surface area contributed by atoms with E-state index in [0.29, 0.717) is 12.1 Å². The molecule has 2 nitrogen and oxygen atoms in total.